The van der Waals surface area contributed by atoms with Crippen molar-refractivity contribution in [2.24, 2.45) is 5.14 Å². The Kier molecular flexibility index (Phi) is 2.51. The van der Waals surface area contributed by atoms with Crippen LogP contribution in [0.4, 0.5) is 0 Å². The fraction of sp³-hybridized carbons (Fsp3) is 0. The van der Waals surface area contributed by atoms with Gasteiger partial charge in [0.25, 0.3) is 0 Å². The van der Waals surface area contributed by atoms with E-state index >= 15 is 0 Å². The number of primary sulfonamides is 1. The Morgan fingerprint density at radius 3 is 2.77 bits per heavy atom. The molecule has 0 spiro atoms. The Morgan fingerprint density at radius 1 is 1.69 bits per heavy atom. The van der Waals surface area contributed by atoms with Crippen molar-refractivity contribution >= 4 is 16.1 Å². The van der Waals surface area contributed by atoms with Crippen LogP contribution in [0, 0.1) is 11.3 Å². The lowest BCUT2D eigenvalue weighted by atomic mass is 10.4. The Balaban J connectivity index is 3.14. The van der Waals surface area contributed by atoms with Crippen LogP contribution in [0.1, 0.15) is 5.69 Å². The highest BCUT2D eigenvalue weighted by Crippen LogP contribution is 2.06. The van der Waals surface area contributed by atoms with Crippen LogP contribution in [0.5, 0.6) is 0 Å². The van der Waals surface area contributed by atoms with Crippen molar-refractivity contribution in [1.29, 1.82) is 5.26 Å². The summed E-state index contributed by atoms with van der Waals surface area (Å²) >= 11 is 0. The van der Waals surface area contributed by atoms with E-state index in [1.54, 1.807) is 18.3 Å². The SMILES string of the molecule is N#C/C(=C\c1ccc[nH]1)S(N)(=O)=O. The molecule has 0 saturated carbocycles. The standard InChI is InChI=1S/C7H7N3O2S/c8-5-7(13(9,11)12)4-6-2-1-3-10-6/h1-4,10H,(H2,9,11,12)/b7-4+. The number of nitrogens with zero attached hydrogens (tertiary/aromatic N) is 1. The first-order valence-corrected chi connectivity index (χ1v) is 4.86. The Morgan fingerprint density at radius 2 is 2.38 bits per heavy atom. The number of nitrogens with two attached hydrogens (primary N) is 1. The van der Waals surface area contributed by atoms with E-state index in [1.807, 2.05) is 0 Å². The Hall–Kier alpha value is -1.58. The zero-order valence-electron chi connectivity index (χ0n) is 6.56. The molecular weight excluding hydrogens is 190 g/mol. The molecule has 0 saturated heterocycles. The third kappa shape index (κ3) is 2.43. The number of sulfonamides is 1. The highest BCUT2D eigenvalue weighted by atomic mass is 32.2. The van der Waals surface area contributed by atoms with E-state index < -0.39 is 14.9 Å². The fourth-order valence-electron chi connectivity index (χ4n) is 0.753. The molecule has 0 amide bonds. The van der Waals surface area contributed by atoms with Gasteiger partial charge in [-0.3, -0.25) is 0 Å². The van der Waals surface area contributed by atoms with Gasteiger partial charge in [-0.15, -0.1) is 0 Å². The normalized spacial score (nSPS) is 12.5. The molecule has 0 unspecified atom stereocenters. The van der Waals surface area contributed by atoms with Gasteiger partial charge in [0.15, 0.2) is 4.91 Å². The summed E-state index contributed by atoms with van der Waals surface area (Å²) < 4.78 is 21.5. The summed E-state index contributed by atoms with van der Waals surface area (Å²) in [6, 6.07) is 4.82. The molecule has 0 aliphatic carbocycles. The second-order valence-corrected chi connectivity index (χ2v) is 3.82. The highest BCUT2D eigenvalue weighted by Gasteiger charge is 2.10. The van der Waals surface area contributed by atoms with E-state index in [-0.39, 0.29) is 0 Å². The van der Waals surface area contributed by atoms with Crippen LogP contribution in [0.15, 0.2) is 23.2 Å². The maximum atomic E-state index is 10.8. The number of aromatic amines is 1. The van der Waals surface area contributed by atoms with Crippen molar-refractivity contribution in [3.8, 4) is 6.07 Å². The van der Waals surface area contributed by atoms with Crippen LogP contribution in [-0.2, 0) is 10.0 Å². The molecule has 0 aromatic carbocycles. The first-order chi connectivity index (χ1) is 6.04. The molecule has 68 valence electrons. The van der Waals surface area contributed by atoms with E-state index in [4.69, 9.17) is 10.4 Å². The average molecular weight is 197 g/mol. The molecule has 0 fully saturated rings. The van der Waals surface area contributed by atoms with E-state index in [9.17, 15) is 8.42 Å². The molecule has 0 atom stereocenters. The minimum atomic E-state index is -3.91. The molecule has 1 rings (SSSR count). The van der Waals surface area contributed by atoms with Gasteiger partial charge in [-0.25, -0.2) is 13.6 Å². The lowest BCUT2D eigenvalue weighted by molar-refractivity contribution is 0.605. The van der Waals surface area contributed by atoms with Crippen LogP contribution < -0.4 is 5.14 Å². The summed E-state index contributed by atoms with van der Waals surface area (Å²) in [5.41, 5.74) is 0.519. The van der Waals surface area contributed by atoms with E-state index in [2.05, 4.69) is 4.98 Å². The molecule has 0 radical (unpaired) electrons. The van der Waals surface area contributed by atoms with Crippen molar-refractivity contribution in [1.82, 2.24) is 4.98 Å². The van der Waals surface area contributed by atoms with Crippen LogP contribution >= 0.6 is 0 Å². The molecule has 1 aromatic rings. The molecule has 0 aliphatic rings. The number of nitrogens with one attached hydrogen (secondary N) is 1. The number of hydrogen-bond donors (Lipinski definition) is 2. The van der Waals surface area contributed by atoms with Crippen LogP contribution in [0.2, 0.25) is 0 Å². The first kappa shape index (κ1) is 9.51. The second-order valence-electron chi connectivity index (χ2n) is 2.29. The summed E-state index contributed by atoms with van der Waals surface area (Å²) in [6.45, 7) is 0. The average Bonchev–Trinajstić information content (AvgIpc) is 2.49. The lowest BCUT2D eigenvalue weighted by Crippen LogP contribution is -2.13. The predicted octanol–water partition coefficient (Wildman–Crippen LogP) is 0.168. The van der Waals surface area contributed by atoms with Gasteiger partial charge in [0.05, 0.1) is 0 Å². The summed E-state index contributed by atoms with van der Waals surface area (Å²) in [5.74, 6) is 0. The van der Waals surface area contributed by atoms with E-state index in [0.717, 1.165) is 0 Å². The van der Waals surface area contributed by atoms with E-state index in [0.29, 0.717) is 5.69 Å². The number of hydrogen-bond acceptors (Lipinski definition) is 3. The van der Waals surface area contributed by atoms with Crippen LogP contribution in [0.3, 0.4) is 0 Å². The molecule has 0 bridgehead atoms. The number of aromatic nitrogens is 1. The number of rotatable bonds is 2. The lowest BCUT2D eigenvalue weighted by Gasteiger charge is -1.92. The van der Waals surface area contributed by atoms with Crippen molar-refractivity contribution in [3.05, 3.63) is 28.9 Å². The first-order valence-electron chi connectivity index (χ1n) is 3.32. The minimum absolute atomic E-state index is 0.463. The Labute approximate surface area is 75.5 Å². The molecule has 5 nitrogen and oxygen atoms in total. The quantitative estimate of drug-likeness (QED) is 0.661. The maximum absolute atomic E-state index is 10.8. The van der Waals surface area contributed by atoms with Crippen molar-refractivity contribution in [2.75, 3.05) is 0 Å². The molecule has 6 heteroatoms. The van der Waals surface area contributed by atoms with Crippen molar-refractivity contribution in [2.45, 2.75) is 0 Å². The maximum Gasteiger partial charge on any atom is 0.248 e. The zero-order chi connectivity index (χ0) is 9.90. The minimum Gasteiger partial charge on any atom is -0.362 e. The summed E-state index contributed by atoms with van der Waals surface area (Å²) in [7, 11) is -3.91. The van der Waals surface area contributed by atoms with Crippen LogP contribution in [-0.4, -0.2) is 13.4 Å². The number of H-pyrrole nitrogens is 1. The van der Waals surface area contributed by atoms with Gasteiger partial charge in [0, 0.05) is 11.9 Å². The third-order valence-corrected chi connectivity index (χ3v) is 2.15. The van der Waals surface area contributed by atoms with Gasteiger partial charge in [-0.1, -0.05) is 0 Å². The van der Waals surface area contributed by atoms with Gasteiger partial charge in [-0.2, -0.15) is 5.26 Å². The predicted molar refractivity (Wildman–Crippen MR) is 47.5 cm³/mol. The van der Waals surface area contributed by atoms with Gasteiger partial charge in [-0.05, 0) is 18.2 Å². The zero-order valence-corrected chi connectivity index (χ0v) is 7.38. The van der Waals surface area contributed by atoms with Crippen LogP contribution in [0.25, 0.3) is 6.08 Å². The van der Waals surface area contributed by atoms with Crippen molar-refractivity contribution < 1.29 is 8.42 Å². The van der Waals surface area contributed by atoms with Gasteiger partial charge < -0.3 is 4.98 Å². The number of nitriles is 1. The summed E-state index contributed by atoms with van der Waals surface area (Å²) in [5, 5.41) is 13.2. The molecule has 0 aliphatic heterocycles. The topological polar surface area (TPSA) is 99.7 Å². The molecule has 3 N–H and O–H groups in total. The summed E-state index contributed by atoms with van der Waals surface area (Å²) in [6.07, 6.45) is 2.79. The Bertz CT molecular complexity index is 450. The van der Waals surface area contributed by atoms with Crippen molar-refractivity contribution in [3.63, 3.8) is 0 Å². The second kappa shape index (κ2) is 3.43. The summed E-state index contributed by atoms with van der Waals surface area (Å²) in [4.78, 5) is 2.26. The highest BCUT2D eigenvalue weighted by molar-refractivity contribution is 7.93. The molecule has 1 heterocycles. The van der Waals surface area contributed by atoms with E-state index in [1.165, 1.54) is 12.1 Å². The van der Waals surface area contributed by atoms with Gasteiger partial charge in [0.1, 0.15) is 6.07 Å². The monoisotopic (exact) mass is 197 g/mol. The largest absolute Gasteiger partial charge is 0.362 e. The third-order valence-electron chi connectivity index (χ3n) is 1.33. The fourth-order valence-corrected chi connectivity index (χ4v) is 1.17. The molecular formula is C7H7N3O2S. The van der Waals surface area contributed by atoms with Gasteiger partial charge in [0.2, 0.25) is 10.0 Å². The molecule has 1 aromatic heterocycles. The molecule has 13 heavy (non-hydrogen) atoms. The smallest absolute Gasteiger partial charge is 0.248 e. The van der Waals surface area contributed by atoms with Gasteiger partial charge >= 0.3 is 0 Å². The number of allylic oxidation sites excluding steroid dienone is 1.